The third-order valence-electron chi connectivity index (χ3n) is 3.39. The van der Waals surface area contributed by atoms with Crippen molar-refractivity contribution in [1.29, 1.82) is 0 Å². The molecule has 1 aliphatic rings. The van der Waals surface area contributed by atoms with E-state index in [-0.39, 0.29) is 5.24 Å². The van der Waals surface area contributed by atoms with Gasteiger partial charge >= 0.3 is 0 Å². The molecule has 1 fully saturated rings. The van der Waals surface area contributed by atoms with Crippen LogP contribution in [0, 0.1) is 0 Å². The number of piperidine rings is 1. The molecule has 3 nitrogen and oxygen atoms in total. The van der Waals surface area contributed by atoms with Crippen molar-refractivity contribution in [2.75, 3.05) is 33.7 Å². The van der Waals surface area contributed by atoms with Crippen molar-refractivity contribution in [2.45, 2.75) is 38.1 Å². The molecule has 0 spiro atoms. The van der Waals surface area contributed by atoms with Crippen LogP contribution in [-0.2, 0) is 4.79 Å². The van der Waals surface area contributed by atoms with Gasteiger partial charge in [0.15, 0.2) is 0 Å². The van der Waals surface area contributed by atoms with E-state index in [1.165, 1.54) is 25.9 Å². The zero-order valence-corrected chi connectivity index (χ0v) is 11.2. The lowest BCUT2D eigenvalue weighted by atomic mass is 10.0. The molecule has 0 atom stereocenters. The molecule has 1 saturated heterocycles. The quantitative estimate of drug-likeness (QED) is 0.529. The van der Waals surface area contributed by atoms with Crippen molar-refractivity contribution < 1.29 is 4.79 Å². The van der Waals surface area contributed by atoms with Crippen molar-refractivity contribution in [3.8, 4) is 0 Å². The molecule has 16 heavy (non-hydrogen) atoms. The number of hydrogen-bond donors (Lipinski definition) is 0. The van der Waals surface area contributed by atoms with E-state index >= 15 is 0 Å². The fourth-order valence-electron chi connectivity index (χ4n) is 2.26. The summed E-state index contributed by atoms with van der Waals surface area (Å²) in [5.74, 6) is 0. The Labute approximate surface area is 104 Å². The second kappa shape index (κ2) is 7.25. The summed E-state index contributed by atoms with van der Waals surface area (Å²) in [4.78, 5) is 15.4. The van der Waals surface area contributed by atoms with Crippen LogP contribution in [0.4, 0.5) is 0 Å². The topological polar surface area (TPSA) is 23.6 Å². The summed E-state index contributed by atoms with van der Waals surface area (Å²) in [6.07, 6.45) is 5.07. The first-order valence-corrected chi connectivity index (χ1v) is 6.54. The number of rotatable bonds is 6. The molecule has 0 aromatic carbocycles. The summed E-state index contributed by atoms with van der Waals surface area (Å²) >= 11 is 5.30. The van der Waals surface area contributed by atoms with Gasteiger partial charge in [0, 0.05) is 12.5 Å². The fraction of sp³-hybridized carbons (Fsp3) is 0.917. The van der Waals surface area contributed by atoms with Gasteiger partial charge in [-0.05, 0) is 71.0 Å². The Morgan fingerprint density at radius 2 is 1.94 bits per heavy atom. The lowest BCUT2D eigenvalue weighted by Crippen LogP contribution is -2.42. The summed E-state index contributed by atoms with van der Waals surface area (Å²) in [6, 6.07) is 0.751. The normalized spacial score (nSPS) is 19.2. The van der Waals surface area contributed by atoms with E-state index in [2.05, 4.69) is 23.9 Å². The van der Waals surface area contributed by atoms with E-state index in [9.17, 15) is 4.79 Å². The van der Waals surface area contributed by atoms with Gasteiger partial charge in [0.1, 0.15) is 0 Å². The van der Waals surface area contributed by atoms with Crippen LogP contribution >= 0.6 is 11.6 Å². The summed E-state index contributed by atoms with van der Waals surface area (Å²) in [5.41, 5.74) is 0. The standard InChI is InChI=1S/C12H23ClN2O/c1-14(2)11-6-9-15(10-7-11)8-4-3-5-12(13)16/h11H,3-10H2,1-2H3. The van der Waals surface area contributed by atoms with Gasteiger partial charge in [-0.2, -0.15) is 0 Å². The molecule has 0 unspecified atom stereocenters. The van der Waals surface area contributed by atoms with E-state index in [4.69, 9.17) is 11.6 Å². The van der Waals surface area contributed by atoms with E-state index in [1.54, 1.807) is 0 Å². The van der Waals surface area contributed by atoms with Gasteiger partial charge < -0.3 is 9.80 Å². The van der Waals surface area contributed by atoms with Crippen LogP contribution in [-0.4, -0.2) is 54.8 Å². The maximum absolute atomic E-state index is 10.6. The van der Waals surface area contributed by atoms with Crippen molar-refractivity contribution in [3.05, 3.63) is 0 Å². The lowest BCUT2D eigenvalue weighted by molar-refractivity contribution is -0.111. The molecule has 1 rings (SSSR count). The van der Waals surface area contributed by atoms with Crippen molar-refractivity contribution in [1.82, 2.24) is 9.80 Å². The molecule has 0 radical (unpaired) electrons. The van der Waals surface area contributed by atoms with Crippen LogP contribution in [0.5, 0.6) is 0 Å². The minimum atomic E-state index is -0.202. The van der Waals surface area contributed by atoms with E-state index in [0.29, 0.717) is 6.42 Å². The number of carbonyl (C=O) groups is 1. The molecule has 94 valence electrons. The van der Waals surface area contributed by atoms with Gasteiger partial charge in [-0.3, -0.25) is 4.79 Å². The Morgan fingerprint density at radius 1 is 1.31 bits per heavy atom. The summed E-state index contributed by atoms with van der Waals surface area (Å²) in [5, 5.41) is -0.202. The molecule has 0 amide bonds. The van der Waals surface area contributed by atoms with E-state index < -0.39 is 0 Å². The first-order chi connectivity index (χ1) is 7.59. The fourth-order valence-corrected chi connectivity index (χ4v) is 2.39. The first kappa shape index (κ1) is 13.9. The van der Waals surface area contributed by atoms with Crippen LogP contribution in [0.2, 0.25) is 0 Å². The molecule has 0 bridgehead atoms. The number of likely N-dealkylation sites (tertiary alicyclic amines) is 1. The van der Waals surface area contributed by atoms with E-state index in [0.717, 1.165) is 25.4 Å². The van der Waals surface area contributed by atoms with Gasteiger partial charge in [-0.15, -0.1) is 0 Å². The van der Waals surface area contributed by atoms with Crippen LogP contribution in [0.25, 0.3) is 0 Å². The average molecular weight is 247 g/mol. The monoisotopic (exact) mass is 246 g/mol. The first-order valence-electron chi connectivity index (χ1n) is 6.16. The Kier molecular flexibility index (Phi) is 6.32. The predicted molar refractivity (Wildman–Crippen MR) is 67.9 cm³/mol. The van der Waals surface area contributed by atoms with Crippen molar-refractivity contribution in [3.63, 3.8) is 0 Å². The van der Waals surface area contributed by atoms with Crippen LogP contribution in [0.3, 0.4) is 0 Å². The van der Waals surface area contributed by atoms with Crippen LogP contribution in [0.1, 0.15) is 32.1 Å². The average Bonchev–Trinajstić information content (AvgIpc) is 2.25. The predicted octanol–water partition coefficient (Wildman–Crippen LogP) is 1.95. The highest BCUT2D eigenvalue weighted by atomic mass is 35.5. The molecule has 0 aromatic rings. The zero-order valence-electron chi connectivity index (χ0n) is 10.4. The second-order valence-corrected chi connectivity index (χ2v) is 5.27. The van der Waals surface area contributed by atoms with Gasteiger partial charge in [-0.1, -0.05) is 0 Å². The number of nitrogens with zero attached hydrogens (tertiary/aromatic N) is 2. The molecule has 4 heteroatoms. The zero-order chi connectivity index (χ0) is 12.0. The third kappa shape index (κ3) is 5.28. The summed E-state index contributed by atoms with van der Waals surface area (Å²) in [7, 11) is 4.32. The van der Waals surface area contributed by atoms with Crippen LogP contribution < -0.4 is 0 Å². The van der Waals surface area contributed by atoms with Crippen LogP contribution in [0.15, 0.2) is 0 Å². The number of hydrogen-bond acceptors (Lipinski definition) is 3. The Bertz CT molecular complexity index is 213. The third-order valence-corrected chi connectivity index (χ3v) is 3.57. The SMILES string of the molecule is CN(C)C1CCN(CCCCC(=O)Cl)CC1. The smallest absolute Gasteiger partial charge is 0.221 e. The number of halogens is 1. The second-order valence-electron chi connectivity index (χ2n) is 4.85. The lowest BCUT2D eigenvalue weighted by Gasteiger charge is -2.35. The molecule has 0 saturated carbocycles. The largest absolute Gasteiger partial charge is 0.306 e. The van der Waals surface area contributed by atoms with Gasteiger partial charge in [-0.25, -0.2) is 0 Å². The van der Waals surface area contributed by atoms with Gasteiger partial charge in [0.25, 0.3) is 0 Å². The molecular weight excluding hydrogens is 224 g/mol. The molecule has 1 aliphatic heterocycles. The molecule has 0 aromatic heterocycles. The van der Waals surface area contributed by atoms with E-state index in [1.807, 2.05) is 0 Å². The Hall–Kier alpha value is -0.120. The molecule has 0 N–H and O–H groups in total. The summed E-state index contributed by atoms with van der Waals surface area (Å²) in [6.45, 7) is 3.50. The molecular formula is C12H23ClN2O. The highest BCUT2D eigenvalue weighted by molar-refractivity contribution is 6.63. The minimum Gasteiger partial charge on any atom is -0.306 e. The highest BCUT2D eigenvalue weighted by Gasteiger charge is 2.19. The maximum atomic E-state index is 10.6. The molecule has 1 heterocycles. The Balaban J connectivity index is 2.06. The van der Waals surface area contributed by atoms with Gasteiger partial charge in [0.2, 0.25) is 5.24 Å². The summed E-state index contributed by atoms with van der Waals surface area (Å²) < 4.78 is 0. The number of carbonyl (C=O) groups excluding carboxylic acids is 1. The van der Waals surface area contributed by atoms with Gasteiger partial charge in [0.05, 0.1) is 0 Å². The maximum Gasteiger partial charge on any atom is 0.221 e. The van der Waals surface area contributed by atoms with Crippen molar-refractivity contribution in [2.24, 2.45) is 0 Å². The molecule has 0 aliphatic carbocycles. The van der Waals surface area contributed by atoms with Crippen molar-refractivity contribution >= 4 is 16.8 Å². The minimum absolute atomic E-state index is 0.202. The number of unbranched alkanes of at least 4 members (excludes halogenated alkanes) is 1. The Morgan fingerprint density at radius 3 is 2.44 bits per heavy atom. The highest BCUT2D eigenvalue weighted by Crippen LogP contribution is 2.14.